The highest BCUT2D eigenvalue weighted by Crippen LogP contribution is 2.47. The average molecular weight is 365 g/mol. The van der Waals surface area contributed by atoms with Crippen molar-refractivity contribution in [3.8, 4) is 0 Å². The van der Waals surface area contributed by atoms with Gasteiger partial charge in [0.1, 0.15) is 12.0 Å². The van der Waals surface area contributed by atoms with Crippen molar-refractivity contribution in [2.75, 3.05) is 24.7 Å². The van der Waals surface area contributed by atoms with Crippen LogP contribution in [0.15, 0.2) is 36.5 Å². The third-order valence-corrected chi connectivity index (χ3v) is 5.37. The molecule has 1 N–H and O–H groups in total. The van der Waals surface area contributed by atoms with Gasteiger partial charge in [0.05, 0.1) is 26.0 Å². The molecule has 1 heterocycles. The number of benzene rings is 1. The minimum Gasteiger partial charge on any atom is -0.310 e. The predicted octanol–water partition coefficient (Wildman–Crippen LogP) is 3.44. The number of carbonyl (C=O) groups excluding carboxylic acids is 1. The van der Waals surface area contributed by atoms with Gasteiger partial charge in [0.15, 0.2) is 0 Å². The molecular weight excluding hydrogens is 341 g/mol. The number of anilines is 1. The van der Waals surface area contributed by atoms with Gasteiger partial charge < -0.3 is 14.4 Å². The Kier molecular flexibility index (Phi) is 6.93. The fraction of sp³-hybridized carbons (Fsp3) is 0.412. The van der Waals surface area contributed by atoms with E-state index in [1.807, 2.05) is 25.1 Å². The van der Waals surface area contributed by atoms with Crippen LogP contribution in [-0.2, 0) is 25.0 Å². The van der Waals surface area contributed by atoms with E-state index in [4.69, 9.17) is 9.05 Å². The van der Waals surface area contributed by atoms with Crippen molar-refractivity contribution in [3.05, 3.63) is 47.7 Å². The highest BCUT2D eigenvalue weighted by molar-refractivity contribution is 7.54. The van der Waals surface area contributed by atoms with Crippen molar-refractivity contribution in [1.82, 2.24) is 9.78 Å². The van der Waals surface area contributed by atoms with Gasteiger partial charge in [-0.05, 0) is 26.3 Å². The Morgan fingerprint density at radius 3 is 2.60 bits per heavy atom. The van der Waals surface area contributed by atoms with Crippen molar-refractivity contribution in [3.63, 3.8) is 0 Å². The molecule has 8 heteroatoms. The van der Waals surface area contributed by atoms with E-state index in [0.29, 0.717) is 12.4 Å². The first-order valence-electron chi connectivity index (χ1n) is 8.21. The molecule has 0 radical (unpaired) electrons. The third kappa shape index (κ3) is 5.81. The summed E-state index contributed by atoms with van der Waals surface area (Å²) in [7, 11) is -3.42. The third-order valence-electron chi connectivity index (χ3n) is 3.39. The van der Waals surface area contributed by atoms with Crippen molar-refractivity contribution in [1.29, 1.82) is 0 Å². The lowest BCUT2D eigenvalue weighted by Gasteiger charge is -2.16. The van der Waals surface area contributed by atoms with Crippen LogP contribution in [0, 0.1) is 6.92 Å². The second-order valence-corrected chi connectivity index (χ2v) is 7.57. The topological polar surface area (TPSA) is 82.5 Å². The van der Waals surface area contributed by atoms with E-state index in [-0.39, 0.29) is 19.4 Å². The lowest BCUT2D eigenvalue weighted by molar-refractivity contribution is -0.114. The van der Waals surface area contributed by atoms with E-state index >= 15 is 0 Å². The fourth-order valence-corrected chi connectivity index (χ4v) is 3.90. The molecule has 0 bridgehead atoms. The van der Waals surface area contributed by atoms with Crippen molar-refractivity contribution in [2.45, 2.75) is 27.3 Å². The van der Waals surface area contributed by atoms with Gasteiger partial charge in [0.25, 0.3) is 0 Å². The van der Waals surface area contributed by atoms with E-state index in [0.717, 1.165) is 11.1 Å². The summed E-state index contributed by atoms with van der Waals surface area (Å²) in [6, 6.07) is 9.76. The molecular formula is C17H24N3O4P. The van der Waals surface area contributed by atoms with Crippen LogP contribution in [0.3, 0.4) is 0 Å². The summed E-state index contributed by atoms with van der Waals surface area (Å²) in [6.45, 7) is 6.40. The molecule has 2 aromatic rings. The predicted molar refractivity (Wildman–Crippen MR) is 96.9 cm³/mol. The van der Waals surface area contributed by atoms with E-state index < -0.39 is 13.5 Å². The summed E-state index contributed by atoms with van der Waals surface area (Å²) in [6.07, 6.45) is 1.28. The largest absolute Gasteiger partial charge is 0.340 e. The first-order chi connectivity index (χ1) is 12.0. The first kappa shape index (κ1) is 19.4. The van der Waals surface area contributed by atoms with Crippen LogP contribution in [0.5, 0.6) is 0 Å². The molecule has 25 heavy (non-hydrogen) atoms. The molecule has 0 spiro atoms. The molecule has 0 saturated heterocycles. The Hall–Kier alpha value is -1.95. The summed E-state index contributed by atoms with van der Waals surface area (Å²) in [5.74, 6) is 0.0993. The van der Waals surface area contributed by atoms with Gasteiger partial charge in [-0.15, -0.1) is 0 Å². The second kappa shape index (κ2) is 8.94. The number of amides is 1. The number of hydrogen-bond acceptors (Lipinski definition) is 5. The molecule has 0 saturated carbocycles. The molecule has 1 aromatic carbocycles. The zero-order valence-electron chi connectivity index (χ0n) is 14.8. The summed E-state index contributed by atoms with van der Waals surface area (Å²) >= 11 is 0. The molecule has 1 aromatic heterocycles. The van der Waals surface area contributed by atoms with Crippen LogP contribution in [0.2, 0.25) is 0 Å². The molecule has 0 unspecified atom stereocenters. The average Bonchev–Trinajstić information content (AvgIpc) is 2.94. The molecule has 0 aliphatic heterocycles. The maximum atomic E-state index is 12.4. The van der Waals surface area contributed by atoms with Gasteiger partial charge >= 0.3 is 7.60 Å². The van der Waals surface area contributed by atoms with Crippen LogP contribution in [0.4, 0.5) is 5.82 Å². The van der Waals surface area contributed by atoms with Crippen LogP contribution >= 0.6 is 7.60 Å². The number of carbonyl (C=O) groups is 1. The van der Waals surface area contributed by atoms with Crippen LogP contribution in [0.1, 0.15) is 25.0 Å². The van der Waals surface area contributed by atoms with Crippen molar-refractivity contribution in [2.24, 2.45) is 0 Å². The van der Waals surface area contributed by atoms with Crippen LogP contribution in [-0.4, -0.2) is 35.1 Å². The number of aromatic nitrogens is 2. The monoisotopic (exact) mass is 365 g/mol. The first-order valence-corrected chi connectivity index (χ1v) is 9.94. The van der Waals surface area contributed by atoms with Gasteiger partial charge in [0, 0.05) is 6.07 Å². The lowest BCUT2D eigenvalue weighted by atomic mass is 10.1. The summed E-state index contributed by atoms with van der Waals surface area (Å²) in [5.41, 5.74) is 2.23. The maximum Gasteiger partial charge on any atom is 0.340 e. The minimum atomic E-state index is -3.42. The number of rotatable bonds is 9. The molecule has 0 atom stereocenters. The van der Waals surface area contributed by atoms with E-state index in [2.05, 4.69) is 16.5 Å². The highest BCUT2D eigenvalue weighted by atomic mass is 31.2. The Balaban J connectivity index is 2.04. The Morgan fingerprint density at radius 2 is 1.96 bits per heavy atom. The number of hydrogen-bond donors (Lipinski definition) is 1. The zero-order valence-corrected chi connectivity index (χ0v) is 15.7. The molecule has 1 amide bonds. The standard InChI is InChI=1S/C17H24N3O4P/c1-4-23-25(22,24-5-2)13-17(21)19-16-9-10-18-20(16)12-15-8-6-7-14(3)11-15/h6-11H,4-5,12-13H2,1-3H3,(H,19,21). The second-order valence-electron chi connectivity index (χ2n) is 5.52. The summed E-state index contributed by atoms with van der Waals surface area (Å²) in [5, 5.41) is 6.96. The smallest absolute Gasteiger partial charge is 0.310 e. The number of aryl methyl sites for hydroxylation is 1. The normalized spacial score (nSPS) is 11.5. The van der Waals surface area contributed by atoms with Crippen LogP contribution < -0.4 is 5.32 Å². The molecule has 7 nitrogen and oxygen atoms in total. The maximum absolute atomic E-state index is 12.4. The van der Waals surface area contributed by atoms with Gasteiger partial charge in [-0.2, -0.15) is 5.10 Å². The number of nitrogens with one attached hydrogen (secondary N) is 1. The Bertz CT molecular complexity index is 750. The van der Waals surface area contributed by atoms with E-state index in [1.165, 1.54) is 0 Å². The summed E-state index contributed by atoms with van der Waals surface area (Å²) in [4.78, 5) is 12.3. The molecule has 0 aliphatic carbocycles. The van der Waals surface area contributed by atoms with Crippen molar-refractivity contribution >= 4 is 19.3 Å². The Labute approximate surface area is 147 Å². The minimum absolute atomic E-state index is 0.218. The molecule has 2 rings (SSSR count). The summed E-state index contributed by atoms with van der Waals surface area (Å²) < 4.78 is 24.4. The lowest BCUT2D eigenvalue weighted by Crippen LogP contribution is -2.20. The molecule has 136 valence electrons. The van der Waals surface area contributed by atoms with Crippen molar-refractivity contribution < 1.29 is 18.4 Å². The molecule has 0 aliphatic rings. The van der Waals surface area contributed by atoms with E-state index in [9.17, 15) is 9.36 Å². The molecule has 0 fully saturated rings. The quantitative estimate of drug-likeness (QED) is 0.688. The van der Waals surface area contributed by atoms with Gasteiger partial charge in [-0.25, -0.2) is 4.68 Å². The SMILES string of the molecule is CCOP(=O)(CC(=O)Nc1ccnn1Cc1cccc(C)c1)OCC. The zero-order chi connectivity index (χ0) is 18.3. The van der Waals surface area contributed by atoms with Gasteiger partial charge in [-0.1, -0.05) is 29.8 Å². The Morgan fingerprint density at radius 1 is 1.24 bits per heavy atom. The van der Waals surface area contributed by atoms with Crippen LogP contribution in [0.25, 0.3) is 0 Å². The highest BCUT2D eigenvalue weighted by Gasteiger charge is 2.28. The fourth-order valence-electron chi connectivity index (χ4n) is 2.43. The van der Waals surface area contributed by atoms with E-state index in [1.54, 1.807) is 30.8 Å². The van der Waals surface area contributed by atoms with Gasteiger partial charge in [0.2, 0.25) is 5.91 Å². The number of nitrogens with zero attached hydrogens (tertiary/aromatic N) is 2. The van der Waals surface area contributed by atoms with Gasteiger partial charge in [-0.3, -0.25) is 9.36 Å².